The third-order valence-corrected chi connectivity index (χ3v) is 2.10. The summed E-state index contributed by atoms with van der Waals surface area (Å²) in [6.07, 6.45) is -0.400. The maximum atomic E-state index is 11.3. The number of amides is 1. The van der Waals surface area contributed by atoms with E-state index in [4.69, 9.17) is 5.73 Å². The van der Waals surface area contributed by atoms with Gasteiger partial charge in [0, 0.05) is 5.69 Å². The molecule has 1 heterocycles. The molecule has 2 rings (SSSR count). The topological polar surface area (TPSA) is 79.2 Å². The third-order valence-electron chi connectivity index (χ3n) is 2.10. The zero-order chi connectivity index (χ0) is 9.97. The van der Waals surface area contributed by atoms with E-state index in [0.29, 0.717) is 0 Å². The molecule has 0 aromatic heterocycles. The lowest BCUT2D eigenvalue weighted by Gasteiger charge is -2.14. The molecule has 1 aromatic carbocycles. The Kier molecular flexibility index (Phi) is 2.34. The van der Waals surface area contributed by atoms with Crippen LogP contribution in [0.25, 0.3) is 0 Å². The van der Waals surface area contributed by atoms with E-state index in [9.17, 15) is 4.79 Å². The Morgan fingerprint density at radius 1 is 1.29 bits per heavy atom. The zero-order valence-corrected chi connectivity index (χ0v) is 7.53. The number of para-hydroxylation sites is 1. The highest BCUT2D eigenvalue weighted by molar-refractivity contribution is 5.86. The van der Waals surface area contributed by atoms with Crippen molar-refractivity contribution in [3.8, 4) is 0 Å². The minimum absolute atomic E-state index is 0.138. The van der Waals surface area contributed by atoms with Crippen molar-refractivity contribution in [2.45, 2.75) is 12.2 Å². The Balaban J connectivity index is 2.07. The van der Waals surface area contributed by atoms with Crippen molar-refractivity contribution in [1.82, 2.24) is 10.9 Å². The summed E-state index contributed by atoms with van der Waals surface area (Å²) in [7, 11) is 0. The van der Waals surface area contributed by atoms with E-state index in [1.807, 2.05) is 30.3 Å². The lowest BCUT2D eigenvalue weighted by atomic mass is 10.2. The van der Waals surface area contributed by atoms with Crippen LogP contribution in [0.15, 0.2) is 30.3 Å². The lowest BCUT2D eigenvalue weighted by molar-refractivity contribution is -0.120. The predicted octanol–water partition coefficient (Wildman–Crippen LogP) is -0.614. The van der Waals surface area contributed by atoms with Crippen molar-refractivity contribution in [3.63, 3.8) is 0 Å². The Morgan fingerprint density at radius 2 is 2.00 bits per heavy atom. The number of nitrogens with two attached hydrogens (primary N) is 1. The smallest absolute Gasteiger partial charge is 0.259 e. The fraction of sp³-hybridized carbons (Fsp3) is 0.222. The van der Waals surface area contributed by atoms with Crippen LogP contribution in [-0.4, -0.2) is 18.1 Å². The third kappa shape index (κ3) is 1.68. The molecule has 0 radical (unpaired) electrons. The molecule has 14 heavy (non-hydrogen) atoms. The molecule has 0 aliphatic carbocycles. The Hall–Kier alpha value is -1.59. The number of benzene rings is 1. The summed E-state index contributed by atoms with van der Waals surface area (Å²) < 4.78 is 0. The first-order chi connectivity index (χ1) is 6.77. The number of hydrogen-bond acceptors (Lipinski definition) is 4. The van der Waals surface area contributed by atoms with Crippen LogP contribution in [0, 0.1) is 0 Å². The van der Waals surface area contributed by atoms with Gasteiger partial charge in [-0.2, -0.15) is 0 Å². The van der Waals surface area contributed by atoms with Crippen molar-refractivity contribution in [1.29, 1.82) is 0 Å². The molecule has 0 spiro atoms. The molecule has 1 aliphatic rings. The van der Waals surface area contributed by atoms with E-state index in [2.05, 4.69) is 16.2 Å². The second-order valence-electron chi connectivity index (χ2n) is 3.15. The molecule has 1 amide bonds. The van der Waals surface area contributed by atoms with Gasteiger partial charge in [-0.15, -0.1) is 0 Å². The molecule has 1 aliphatic heterocycles. The van der Waals surface area contributed by atoms with Gasteiger partial charge in [0.15, 0.2) is 0 Å². The highest BCUT2D eigenvalue weighted by atomic mass is 16.2. The van der Waals surface area contributed by atoms with Crippen molar-refractivity contribution in [2.24, 2.45) is 5.73 Å². The van der Waals surface area contributed by atoms with Gasteiger partial charge in [-0.05, 0) is 12.1 Å². The summed E-state index contributed by atoms with van der Waals surface area (Å²) in [6.45, 7) is 0. The minimum atomic E-state index is -0.419. The molecule has 1 fully saturated rings. The van der Waals surface area contributed by atoms with E-state index in [-0.39, 0.29) is 5.91 Å². The van der Waals surface area contributed by atoms with Crippen LogP contribution in [0.2, 0.25) is 0 Å². The maximum Gasteiger partial charge on any atom is 0.259 e. The monoisotopic (exact) mass is 192 g/mol. The van der Waals surface area contributed by atoms with E-state index in [1.165, 1.54) is 0 Å². The van der Waals surface area contributed by atoms with Gasteiger partial charge in [-0.25, -0.2) is 5.43 Å². The summed E-state index contributed by atoms with van der Waals surface area (Å²) in [5.41, 5.74) is 11.7. The number of hydrogen-bond donors (Lipinski definition) is 4. The van der Waals surface area contributed by atoms with Gasteiger partial charge in [0.2, 0.25) is 0 Å². The highest BCUT2D eigenvalue weighted by Gasteiger charge is 2.31. The van der Waals surface area contributed by atoms with Gasteiger partial charge >= 0.3 is 0 Å². The molecule has 1 saturated heterocycles. The Bertz CT molecular complexity index is 327. The molecular formula is C9H12N4O. The van der Waals surface area contributed by atoms with Gasteiger partial charge < -0.3 is 11.1 Å². The quantitative estimate of drug-likeness (QED) is 0.504. The average molecular weight is 192 g/mol. The normalized spacial score (nSPS) is 25.9. The molecule has 1 aromatic rings. The minimum Gasteiger partial charge on any atom is -0.371 e. The first kappa shape index (κ1) is 8.98. The van der Waals surface area contributed by atoms with Gasteiger partial charge in [0.25, 0.3) is 5.91 Å². The van der Waals surface area contributed by atoms with Crippen molar-refractivity contribution in [3.05, 3.63) is 30.3 Å². The van der Waals surface area contributed by atoms with Crippen molar-refractivity contribution in [2.75, 3.05) is 5.32 Å². The van der Waals surface area contributed by atoms with Gasteiger partial charge in [-0.3, -0.25) is 10.2 Å². The second-order valence-corrected chi connectivity index (χ2v) is 3.15. The van der Waals surface area contributed by atoms with Crippen LogP contribution in [0.1, 0.15) is 0 Å². The number of anilines is 1. The largest absolute Gasteiger partial charge is 0.371 e. The summed E-state index contributed by atoms with van der Waals surface area (Å²) >= 11 is 0. The molecule has 0 saturated carbocycles. The van der Waals surface area contributed by atoms with Gasteiger partial charge in [0.05, 0.1) is 0 Å². The molecule has 5 N–H and O–H groups in total. The number of rotatable bonds is 2. The van der Waals surface area contributed by atoms with Crippen molar-refractivity contribution < 1.29 is 4.79 Å². The number of nitrogens with one attached hydrogen (secondary N) is 3. The first-order valence-corrected chi connectivity index (χ1v) is 4.40. The lowest BCUT2D eigenvalue weighted by Crippen LogP contribution is -2.45. The van der Waals surface area contributed by atoms with Crippen LogP contribution < -0.4 is 21.9 Å². The average Bonchev–Trinajstić information content (AvgIpc) is 2.51. The van der Waals surface area contributed by atoms with Crippen molar-refractivity contribution >= 4 is 11.6 Å². The first-order valence-electron chi connectivity index (χ1n) is 4.40. The van der Waals surface area contributed by atoms with E-state index in [1.54, 1.807) is 0 Å². The number of hydrazine groups is 1. The van der Waals surface area contributed by atoms with E-state index in [0.717, 1.165) is 5.69 Å². The molecule has 2 unspecified atom stereocenters. The SMILES string of the molecule is NC1NNC(=O)C1Nc1ccccc1. The molecule has 0 bridgehead atoms. The van der Waals surface area contributed by atoms with Crippen LogP contribution in [-0.2, 0) is 4.79 Å². The van der Waals surface area contributed by atoms with E-state index >= 15 is 0 Å². The Morgan fingerprint density at radius 3 is 2.57 bits per heavy atom. The molecule has 5 heteroatoms. The number of carbonyl (C=O) groups excluding carboxylic acids is 1. The van der Waals surface area contributed by atoms with Crippen LogP contribution >= 0.6 is 0 Å². The summed E-state index contributed by atoms with van der Waals surface area (Å²) in [5, 5.41) is 3.04. The molecular weight excluding hydrogens is 180 g/mol. The molecule has 74 valence electrons. The van der Waals surface area contributed by atoms with Gasteiger partial charge in [0.1, 0.15) is 12.2 Å². The summed E-state index contributed by atoms with van der Waals surface area (Å²) in [4.78, 5) is 11.3. The number of carbonyl (C=O) groups is 1. The maximum absolute atomic E-state index is 11.3. The Labute approximate surface area is 81.6 Å². The molecule has 5 nitrogen and oxygen atoms in total. The second kappa shape index (κ2) is 3.65. The van der Waals surface area contributed by atoms with Crippen LogP contribution in [0.3, 0.4) is 0 Å². The predicted molar refractivity (Wildman–Crippen MR) is 53.1 cm³/mol. The standard InChI is InChI=1S/C9H12N4O/c10-8-7(9(14)13-12-8)11-6-4-2-1-3-5-6/h1-5,7-8,11-12H,10H2,(H,13,14). The van der Waals surface area contributed by atoms with Crippen LogP contribution in [0.5, 0.6) is 0 Å². The summed E-state index contributed by atoms with van der Waals surface area (Å²) in [6, 6.07) is 9.06. The highest BCUT2D eigenvalue weighted by Crippen LogP contribution is 2.09. The van der Waals surface area contributed by atoms with Crippen LogP contribution in [0.4, 0.5) is 5.69 Å². The fourth-order valence-corrected chi connectivity index (χ4v) is 1.35. The van der Waals surface area contributed by atoms with Gasteiger partial charge in [-0.1, -0.05) is 18.2 Å². The molecule has 2 atom stereocenters. The summed E-state index contributed by atoms with van der Waals surface area (Å²) in [5.74, 6) is -0.138. The van der Waals surface area contributed by atoms with E-state index < -0.39 is 12.2 Å². The fourth-order valence-electron chi connectivity index (χ4n) is 1.35. The zero-order valence-electron chi connectivity index (χ0n) is 7.53.